The fraction of sp³-hybridized carbons (Fsp3) is 0.769. The summed E-state index contributed by atoms with van der Waals surface area (Å²) in [6.07, 6.45) is 4.48. The van der Waals surface area contributed by atoms with Crippen molar-refractivity contribution in [3.05, 3.63) is 16.6 Å². The van der Waals surface area contributed by atoms with E-state index in [1.165, 1.54) is 17.7 Å². The van der Waals surface area contributed by atoms with E-state index in [0.717, 1.165) is 18.4 Å². The minimum absolute atomic E-state index is 0.641. The Balaban J connectivity index is 2.37. The van der Waals surface area contributed by atoms with E-state index in [0.29, 0.717) is 6.04 Å². The van der Waals surface area contributed by atoms with E-state index in [1.807, 2.05) is 11.7 Å². The molecule has 0 radical (unpaired) electrons. The molecule has 16 heavy (non-hydrogen) atoms. The lowest BCUT2D eigenvalue weighted by atomic mass is 9.95. The van der Waals surface area contributed by atoms with Crippen LogP contribution in [-0.2, 0) is 6.54 Å². The van der Waals surface area contributed by atoms with Crippen LogP contribution in [0.1, 0.15) is 45.4 Å². The molecule has 1 aromatic heterocycles. The molecule has 0 saturated carbocycles. The number of hydrogen-bond acceptors (Lipinski definition) is 3. The van der Waals surface area contributed by atoms with Crippen LogP contribution >= 0.6 is 11.3 Å². The van der Waals surface area contributed by atoms with Crippen LogP contribution in [0.4, 0.5) is 0 Å². The number of thiazole rings is 1. The summed E-state index contributed by atoms with van der Waals surface area (Å²) in [5, 5.41) is 3.66. The van der Waals surface area contributed by atoms with Crippen LogP contribution in [-0.4, -0.2) is 11.0 Å². The maximum Gasteiger partial charge on any atom is 0.0794 e. The molecule has 0 saturated heterocycles. The van der Waals surface area contributed by atoms with Crippen molar-refractivity contribution < 1.29 is 0 Å². The molecule has 0 aliphatic rings. The summed E-state index contributed by atoms with van der Waals surface area (Å²) in [7, 11) is 0. The van der Waals surface area contributed by atoms with Gasteiger partial charge in [-0.05, 0) is 24.7 Å². The predicted molar refractivity (Wildman–Crippen MR) is 71.7 cm³/mol. The summed E-state index contributed by atoms with van der Waals surface area (Å²) in [5.41, 5.74) is 1.90. The Labute approximate surface area is 103 Å². The number of nitrogens with zero attached hydrogens (tertiary/aromatic N) is 1. The molecule has 1 aromatic rings. The van der Waals surface area contributed by atoms with Crippen molar-refractivity contribution in [2.45, 2.75) is 53.1 Å². The summed E-state index contributed by atoms with van der Waals surface area (Å²) < 4.78 is 0. The Bertz CT molecular complexity index is 257. The van der Waals surface area contributed by atoms with E-state index in [4.69, 9.17) is 0 Å². The maximum absolute atomic E-state index is 4.10. The van der Waals surface area contributed by atoms with Gasteiger partial charge in [-0.1, -0.05) is 27.7 Å². The monoisotopic (exact) mass is 240 g/mol. The van der Waals surface area contributed by atoms with Crippen molar-refractivity contribution >= 4 is 11.3 Å². The Hall–Kier alpha value is -0.410. The summed E-state index contributed by atoms with van der Waals surface area (Å²) in [6, 6.07) is 0.641. The number of aromatic nitrogens is 1. The first-order chi connectivity index (χ1) is 7.58. The normalized spacial score (nSPS) is 11.9. The van der Waals surface area contributed by atoms with Crippen LogP contribution in [0.25, 0.3) is 0 Å². The van der Waals surface area contributed by atoms with E-state index < -0.39 is 0 Å². The van der Waals surface area contributed by atoms with E-state index >= 15 is 0 Å². The molecule has 0 amide bonds. The van der Waals surface area contributed by atoms with Gasteiger partial charge >= 0.3 is 0 Å². The van der Waals surface area contributed by atoms with Gasteiger partial charge in [0.05, 0.1) is 5.51 Å². The number of rotatable bonds is 7. The zero-order chi connectivity index (χ0) is 12.0. The molecule has 1 heterocycles. The molecule has 0 atom stereocenters. The molecule has 3 heteroatoms. The summed E-state index contributed by atoms with van der Waals surface area (Å²) >= 11 is 1.73. The molecule has 0 fully saturated rings. The zero-order valence-electron chi connectivity index (χ0n) is 10.9. The molecular weight excluding hydrogens is 216 g/mol. The second-order valence-electron chi connectivity index (χ2n) is 5.30. The Morgan fingerprint density at radius 2 is 1.81 bits per heavy atom. The standard InChI is InChI=1S/C13H24N2S/c1-10(2)5-12(6-11(3)4)15-8-13-7-14-9-16-13/h7,9-12,15H,5-6,8H2,1-4H3. The molecular formula is C13H24N2S. The van der Waals surface area contributed by atoms with Crippen LogP contribution in [0.3, 0.4) is 0 Å². The van der Waals surface area contributed by atoms with Crippen molar-refractivity contribution in [3.63, 3.8) is 0 Å². The van der Waals surface area contributed by atoms with Gasteiger partial charge < -0.3 is 5.32 Å². The van der Waals surface area contributed by atoms with Crippen molar-refractivity contribution in [1.29, 1.82) is 0 Å². The Morgan fingerprint density at radius 3 is 2.25 bits per heavy atom. The minimum Gasteiger partial charge on any atom is -0.309 e. The van der Waals surface area contributed by atoms with Crippen LogP contribution in [0.2, 0.25) is 0 Å². The average molecular weight is 240 g/mol. The molecule has 0 aliphatic carbocycles. The second-order valence-corrected chi connectivity index (χ2v) is 6.28. The molecule has 0 bridgehead atoms. The first kappa shape index (κ1) is 13.7. The summed E-state index contributed by atoms with van der Waals surface area (Å²) in [4.78, 5) is 5.43. The van der Waals surface area contributed by atoms with Gasteiger partial charge in [0.2, 0.25) is 0 Å². The molecule has 2 nitrogen and oxygen atoms in total. The van der Waals surface area contributed by atoms with Gasteiger partial charge in [-0.3, -0.25) is 4.98 Å². The molecule has 0 spiro atoms. The molecule has 1 rings (SSSR count). The minimum atomic E-state index is 0.641. The van der Waals surface area contributed by atoms with Gasteiger partial charge in [-0.15, -0.1) is 11.3 Å². The lowest BCUT2D eigenvalue weighted by Gasteiger charge is -2.22. The highest BCUT2D eigenvalue weighted by Crippen LogP contribution is 2.14. The van der Waals surface area contributed by atoms with Crippen molar-refractivity contribution in [2.75, 3.05) is 0 Å². The van der Waals surface area contributed by atoms with E-state index in [9.17, 15) is 0 Å². The molecule has 1 N–H and O–H groups in total. The molecule has 0 aromatic carbocycles. The van der Waals surface area contributed by atoms with E-state index in [1.54, 1.807) is 11.3 Å². The topological polar surface area (TPSA) is 24.9 Å². The fourth-order valence-electron chi connectivity index (χ4n) is 1.98. The van der Waals surface area contributed by atoms with Crippen molar-refractivity contribution in [1.82, 2.24) is 10.3 Å². The summed E-state index contributed by atoms with van der Waals surface area (Å²) in [6.45, 7) is 10.1. The zero-order valence-corrected chi connectivity index (χ0v) is 11.7. The smallest absolute Gasteiger partial charge is 0.0794 e. The maximum atomic E-state index is 4.10. The van der Waals surface area contributed by atoms with Crippen molar-refractivity contribution in [3.8, 4) is 0 Å². The van der Waals surface area contributed by atoms with Crippen LogP contribution < -0.4 is 5.32 Å². The first-order valence-electron chi connectivity index (χ1n) is 6.18. The van der Waals surface area contributed by atoms with Gasteiger partial charge in [0.15, 0.2) is 0 Å². The quantitative estimate of drug-likeness (QED) is 0.786. The summed E-state index contributed by atoms with van der Waals surface area (Å²) in [5.74, 6) is 1.52. The van der Waals surface area contributed by atoms with Gasteiger partial charge in [-0.2, -0.15) is 0 Å². The largest absolute Gasteiger partial charge is 0.309 e. The molecule has 0 aliphatic heterocycles. The Kier molecular flexibility index (Phi) is 5.99. The van der Waals surface area contributed by atoms with Gasteiger partial charge in [0.1, 0.15) is 0 Å². The third-order valence-electron chi connectivity index (χ3n) is 2.56. The van der Waals surface area contributed by atoms with Crippen LogP contribution in [0, 0.1) is 11.8 Å². The van der Waals surface area contributed by atoms with Gasteiger partial charge in [0, 0.05) is 23.7 Å². The van der Waals surface area contributed by atoms with Crippen LogP contribution in [0.5, 0.6) is 0 Å². The first-order valence-corrected chi connectivity index (χ1v) is 7.06. The molecule has 0 unspecified atom stereocenters. The van der Waals surface area contributed by atoms with Crippen molar-refractivity contribution in [2.24, 2.45) is 11.8 Å². The third-order valence-corrected chi connectivity index (χ3v) is 3.34. The predicted octanol–water partition coefficient (Wildman–Crippen LogP) is 3.69. The molecule has 92 valence electrons. The highest BCUT2D eigenvalue weighted by molar-refractivity contribution is 7.09. The average Bonchev–Trinajstić information content (AvgIpc) is 2.64. The fourth-order valence-corrected chi connectivity index (χ4v) is 2.52. The highest BCUT2D eigenvalue weighted by Gasteiger charge is 2.12. The second kappa shape index (κ2) is 7.02. The Morgan fingerprint density at radius 1 is 1.19 bits per heavy atom. The van der Waals surface area contributed by atoms with Gasteiger partial charge in [0.25, 0.3) is 0 Å². The SMILES string of the molecule is CC(C)CC(CC(C)C)NCc1cncs1. The number of hydrogen-bond donors (Lipinski definition) is 1. The van der Waals surface area contributed by atoms with Crippen LogP contribution in [0.15, 0.2) is 11.7 Å². The lowest BCUT2D eigenvalue weighted by molar-refractivity contribution is 0.359. The lowest BCUT2D eigenvalue weighted by Crippen LogP contribution is -2.31. The van der Waals surface area contributed by atoms with E-state index in [2.05, 4.69) is 38.0 Å². The third kappa shape index (κ3) is 5.61. The van der Waals surface area contributed by atoms with E-state index in [-0.39, 0.29) is 0 Å². The number of nitrogens with one attached hydrogen (secondary N) is 1. The van der Waals surface area contributed by atoms with Gasteiger partial charge in [-0.25, -0.2) is 0 Å². The highest BCUT2D eigenvalue weighted by atomic mass is 32.1.